The van der Waals surface area contributed by atoms with E-state index in [9.17, 15) is 14.4 Å². The monoisotopic (exact) mass is 361 g/mol. The Bertz CT molecular complexity index is 643. The van der Waals surface area contributed by atoms with Crippen LogP contribution in [0.25, 0.3) is 0 Å². The Kier molecular flexibility index (Phi) is 13.0. The molecule has 0 radical (unpaired) electrons. The van der Waals surface area contributed by atoms with E-state index in [1.807, 2.05) is 13.8 Å². The Balaban J connectivity index is 0.00000301. The van der Waals surface area contributed by atoms with Gasteiger partial charge in [0, 0.05) is 24.0 Å². The van der Waals surface area contributed by atoms with Gasteiger partial charge in [0.15, 0.2) is 0 Å². The topological polar surface area (TPSA) is 92.7 Å². The second kappa shape index (κ2) is 14.5. The molecule has 0 saturated heterocycles. The fourth-order valence-electron chi connectivity index (χ4n) is 1.90. The predicted molar refractivity (Wildman–Crippen MR) is 99.7 cm³/mol. The quantitative estimate of drug-likeness (QED) is 0.422. The van der Waals surface area contributed by atoms with Crippen molar-refractivity contribution in [1.29, 1.82) is 0 Å². The highest BCUT2D eigenvalue weighted by Gasteiger charge is 2.07. The minimum Gasteiger partial charge on any atom is -0.481 e. The van der Waals surface area contributed by atoms with E-state index in [0.29, 0.717) is 24.0 Å². The van der Waals surface area contributed by atoms with Gasteiger partial charge in [-0.25, -0.2) is 0 Å². The third-order valence-corrected chi connectivity index (χ3v) is 3.17. The molecular weight excluding hydrogens is 334 g/mol. The standard InChI is InChI=1S/C18H21NO5.C2H6/c1-24-17(22)13-19-18(23)15-10-7-9-14(12-15)8-5-3-2-4-6-11-16(20)21;1-2/h7,9-10,12H,2-4,6,11,13H2,1H3,(H,19,23)(H,20,21);1-2H3. The molecular formula is C20H27NO5. The van der Waals surface area contributed by atoms with E-state index < -0.39 is 11.9 Å². The van der Waals surface area contributed by atoms with Gasteiger partial charge in [-0.05, 0) is 31.0 Å². The van der Waals surface area contributed by atoms with E-state index in [-0.39, 0.29) is 18.9 Å². The second-order valence-electron chi connectivity index (χ2n) is 5.10. The number of carboxylic acids is 1. The Morgan fingerprint density at radius 2 is 1.88 bits per heavy atom. The first-order valence-corrected chi connectivity index (χ1v) is 8.68. The predicted octanol–water partition coefficient (Wildman–Crippen LogP) is 3.00. The Labute approximate surface area is 154 Å². The van der Waals surface area contributed by atoms with Crippen LogP contribution in [0.1, 0.15) is 61.9 Å². The minimum atomic E-state index is -0.775. The Hall–Kier alpha value is -2.81. The van der Waals surface area contributed by atoms with E-state index in [0.717, 1.165) is 12.8 Å². The van der Waals surface area contributed by atoms with Crippen molar-refractivity contribution in [3.8, 4) is 11.8 Å². The van der Waals surface area contributed by atoms with Gasteiger partial charge in [-0.15, -0.1) is 0 Å². The lowest BCUT2D eigenvalue weighted by Crippen LogP contribution is -2.30. The highest BCUT2D eigenvalue weighted by molar-refractivity contribution is 5.96. The fourth-order valence-corrected chi connectivity index (χ4v) is 1.90. The molecule has 0 aliphatic carbocycles. The molecule has 0 bridgehead atoms. The summed E-state index contributed by atoms with van der Waals surface area (Å²) in [6.45, 7) is 3.82. The van der Waals surface area contributed by atoms with Crippen LogP contribution in [0.15, 0.2) is 24.3 Å². The van der Waals surface area contributed by atoms with Gasteiger partial charge in [0.1, 0.15) is 6.54 Å². The van der Waals surface area contributed by atoms with Crippen molar-refractivity contribution in [2.75, 3.05) is 13.7 Å². The molecule has 0 heterocycles. The number of esters is 1. The van der Waals surface area contributed by atoms with E-state index in [1.54, 1.807) is 24.3 Å². The van der Waals surface area contributed by atoms with Crippen molar-refractivity contribution in [2.45, 2.75) is 46.0 Å². The molecule has 1 aromatic carbocycles. The molecule has 1 aromatic rings. The summed E-state index contributed by atoms with van der Waals surface area (Å²) in [7, 11) is 1.26. The van der Waals surface area contributed by atoms with Crippen molar-refractivity contribution in [2.24, 2.45) is 0 Å². The maximum atomic E-state index is 11.9. The third-order valence-electron chi connectivity index (χ3n) is 3.17. The van der Waals surface area contributed by atoms with Crippen LogP contribution in [0.5, 0.6) is 0 Å². The van der Waals surface area contributed by atoms with Crippen molar-refractivity contribution < 1.29 is 24.2 Å². The number of methoxy groups -OCH3 is 1. The summed E-state index contributed by atoms with van der Waals surface area (Å²) in [4.78, 5) is 33.3. The maximum absolute atomic E-state index is 11.9. The number of carbonyl (C=O) groups excluding carboxylic acids is 2. The van der Waals surface area contributed by atoms with Gasteiger partial charge >= 0.3 is 11.9 Å². The van der Waals surface area contributed by atoms with E-state index in [1.165, 1.54) is 7.11 Å². The van der Waals surface area contributed by atoms with Gasteiger partial charge in [-0.3, -0.25) is 14.4 Å². The summed E-state index contributed by atoms with van der Waals surface area (Å²) in [5, 5.41) is 11.0. The van der Waals surface area contributed by atoms with Gasteiger partial charge in [0.05, 0.1) is 7.11 Å². The van der Waals surface area contributed by atoms with Crippen LogP contribution >= 0.6 is 0 Å². The molecule has 0 aromatic heterocycles. The number of nitrogens with one attached hydrogen (secondary N) is 1. The zero-order chi connectivity index (χ0) is 19.8. The molecule has 1 rings (SSSR count). The molecule has 2 N–H and O–H groups in total. The zero-order valence-corrected chi connectivity index (χ0v) is 15.6. The smallest absolute Gasteiger partial charge is 0.325 e. The van der Waals surface area contributed by atoms with E-state index in [2.05, 4.69) is 21.9 Å². The molecule has 0 aliphatic rings. The number of amides is 1. The second-order valence-corrected chi connectivity index (χ2v) is 5.10. The summed E-state index contributed by atoms with van der Waals surface area (Å²) in [5.74, 6) is 4.34. The molecule has 0 spiro atoms. The fraction of sp³-hybridized carbons (Fsp3) is 0.450. The molecule has 26 heavy (non-hydrogen) atoms. The average Bonchev–Trinajstić information content (AvgIpc) is 2.66. The highest BCUT2D eigenvalue weighted by atomic mass is 16.5. The minimum absolute atomic E-state index is 0.179. The maximum Gasteiger partial charge on any atom is 0.325 e. The van der Waals surface area contributed by atoms with Crippen LogP contribution in [-0.2, 0) is 14.3 Å². The Morgan fingerprint density at radius 1 is 1.15 bits per heavy atom. The molecule has 0 saturated carbocycles. The number of hydrogen-bond acceptors (Lipinski definition) is 4. The normalized spacial score (nSPS) is 9.04. The molecule has 0 unspecified atom stereocenters. The van der Waals surface area contributed by atoms with Crippen LogP contribution in [0.3, 0.4) is 0 Å². The molecule has 0 fully saturated rings. The van der Waals surface area contributed by atoms with Gasteiger partial charge in [0.25, 0.3) is 5.91 Å². The molecule has 1 amide bonds. The van der Waals surface area contributed by atoms with Crippen LogP contribution in [0, 0.1) is 11.8 Å². The summed E-state index contributed by atoms with van der Waals surface area (Å²) < 4.78 is 4.46. The SMILES string of the molecule is CC.COC(=O)CNC(=O)c1cccc(C#CCCCCCC(=O)O)c1. The Morgan fingerprint density at radius 3 is 2.54 bits per heavy atom. The molecule has 6 nitrogen and oxygen atoms in total. The van der Waals surface area contributed by atoms with Crippen molar-refractivity contribution in [1.82, 2.24) is 5.32 Å². The average molecular weight is 361 g/mol. The first kappa shape index (κ1) is 23.2. The van der Waals surface area contributed by atoms with Crippen molar-refractivity contribution in [3.63, 3.8) is 0 Å². The van der Waals surface area contributed by atoms with Crippen LogP contribution < -0.4 is 5.32 Å². The summed E-state index contributed by atoms with van der Waals surface area (Å²) in [5.41, 5.74) is 1.14. The first-order valence-electron chi connectivity index (χ1n) is 8.68. The first-order chi connectivity index (χ1) is 12.5. The number of ether oxygens (including phenoxy) is 1. The lowest BCUT2D eigenvalue weighted by Gasteiger charge is -2.04. The third kappa shape index (κ3) is 10.9. The largest absolute Gasteiger partial charge is 0.481 e. The van der Waals surface area contributed by atoms with E-state index >= 15 is 0 Å². The van der Waals surface area contributed by atoms with Gasteiger partial charge in [-0.2, -0.15) is 0 Å². The number of benzene rings is 1. The number of carbonyl (C=O) groups is 3. The summed E-state index contributed by atoms with van der Waals surface area (Å²) in [6, 6.07) is 6.83. The van der Waals surface area contributed by atoms with Crippen LogP contribution in [0.4, 0.5) is 0 Å². The molecule has 6 heteroatoms. The highest BCUT2D eigenvalue weighted by Crippen LogP contribution is 2.05. The molecule has 0 aliphatic heterocycles. The number of unbranched alkanes of at least 4 members (excludes halogenated alkanes) is 3. The summed E-state index contributed by atoms with van der Waals surface area (Å²) >= 11 is 0. The van der Waals surface area contributed by atoms with Crippen molar-refractivity contribution >= 4 is 17.8 Å². The van der Waals surface area contributed by atoms with Crippen LogP contribution in [0.2, 0.25) is 0 Å². The van der Waals surface area contributed by atoms with Crippen molar-refractivity contribution in [3.05, 3.63) is 35.4 Å². The lowest BCUT2D eigenvalue weighted by atomic mass is 10.1. The zero-order valence-electron chi connectivity index (χ0n) is 15.6. The molecule has 0 atom stereocenters. The molecule has 142 valence electrons. The van der Waals surface area contributed by atoms with Gasteiger partial charge in [-0.1, -0.05) is 38.2 Å². The number of hydrogen-bond donors (Lipinski definition) is 2. The lowest BCUT2D eigenvalue weighted by molar-refractivity contribution is -0.139. The van der Waals surface area contributed by atoms with Gasteiger partial charge < -0.3 is 15.2 Å². The van der Waals surface area contributed by atoms with Gasteiger partial charge in [0.2, 0.25) is 0 Å². The number of carboxylic acid groups (broad SMARTS) is 1. The summed E-state index contributed by atoms with van der Waals surface area (Å²) in [6.07, 6.45) is 3.21. The number of aliphatic carboxylic acids is 1. The van der Waals surface area contributed by atoms with Crippen LogP contribution in [-0.4, -0.2) is 36.6 Å². The number of rotatable bonds is 8. The van der Waals surface area contributed by atoms with E-state index in [4.69, 9.17) is 5.11 Å².